The summed E-state index contributed by atoms with van der Waals surface area (Å²) >= 11 is 1.73. The van der Waals surface area contributed by atoms with Crippen LogP contribution in [0.25, 0.3) is 0 Å². The molecule has 15 heavy (non-hydrogen) atoms. The van der Waals surface area contributed by atoms with E-state index in [2.05, 4.69) is 29.1 Å². The zero-order chi connectivity index (χ0) is 11.1. The zero-order valence-corrected chi connectivity index (χ0v) is 10.5. The van der Waals surface area contributed by atoms with E-state index >= 15 is 0 Å². The summed E-state index contributed by atoms with van der Waals surface area (Å²) in [6.45, 7) is 8.47. The first-order chi connectivity index (χ1) is 7.22. The molecule has 0 saturated carbocycles. The van der Waals surface area contributed by atoms with Crippen molar-refractivity contribution in [2.45, 2.75) is 25.9 Å². The summed E-state index contributed by atoms with van der Waals surface area (Å²) in [6, 6.07) is 0. The summed E-state index contributed by atoms with van der Waals surface area (Å²) in [4.78, 5) is 8.52. The van der Waals surface area contributed by atoms with Crippen molar-refractivity contribution in [3.05, 3.63) is 18.0 Å². The molecule has 1 unspecified atom stereocenters. The van der Waals surface area contributed by atoms with Gasteiger partial charge >= 0.3 is 0 Å². The molecule has 1 heterocycles. The predicted octanol–water partition coefficient (Wildman–Crippen LogP) is 2.12. The maximum absolute atomic E-state index is 4.26. The second-order valence-corrected chi connectivity index (χ2v) is 4.75. The lowest BCUT2D eigenvalue weighted by Crippen LogP contribution is -2.21. The summed E-state index contributed by atoms with van der Waals surface area (Å²) in [6.07, 6.45) is 3.73. The Hall–Kier alpha value is -0.610. The van der Waals surface area contributed by atoms with Crippen LogP contribution in [-0.2, 0) is 0 Å². The first-order valence-corrected chi connectivity index (χ1v) is 6.33. The monoisotopic (exact) mass is 225 g/mol. The minimum Gasteiger partial charge on any atom is -0.317 e. The Morgan fingerprint density at radius 1 is 1.40 bits per heavy atom. The van der Waals surface area contributed by atoms with E-state index in [0.29, 0.717) is 5.92 Å². The van der Waals surface area contributed by atoms with Gasteiger partial charge in [0, 0.05) is 18.1 Å². The maximum Gasteiger partial charge on any atom is 0.187 e. The summed E-state index contributed by atoms with van der Waals surface area (Å²) in [5.74, 6) is 1.72. The molecule has 0 radical (unpaired) electrons. The third-order valence-electron chi connectivity index (χ3n) is 2.00. The normalized spacial score (nSPS) is 12.7. The first kappa shape index (κ1) is 12.5. The average Bonchev–Trinajstić information content (AvgIpc) is 2.25. The number of thioether (sulfide) groups is 1. The van der Waals surface area contributed by atoms with E-state index in [1.807, 2.05) is 19.3 Å². The number of aryl methyl sites for hydroxylation is 1. The fourth-order valence-electron chi connectivity index (χ4n) is 1.12. The highest BCUT2D eigenvalue weighted by molar-refractivity contribution is 7.99. The van der Waals surface area contributed by atoms with Crippen LogP contribution in [0.1, 0.15) is 19.4 Å². The number of nitrogens with one attached hydrogen (secondary N) is 1. The van der Waals surface area contributed by atoms with Crippen molar-refractivity contribution < 1.29 is 0 Å². The fourth-order valence-corrected chi connectivity index (χ4v) is 1.93. The molecule has 1 aromatic heterocycles. The Labute approximate surface area is 96.1 Å². The third-order valence-corrected chi connectivity index (χ3v) is 3.20. The minimum absolute atomic E-state index is 0.653. The Morgan fingerprint density at radius 2 is 2.07 bits per heavy atom. The van der Waals surface area contributed by atoms with Crippen molar-refractivity contribution in [2.75, 3.05) is 18.8 Å². The van der Waals surface area contributed by atoms with Gasteiger partial charge in [-0.15, -0.1) is 0 Å². The molecule has 0 bridgehead atoms. The molecular weight excluding hydrogens is 206 g/mol. The molecule has 0 fully saturated rings. The number of nitrogens with zero attached hydrogens (tertiary/aromatic N) is 2. The molecule has 0 aliphatic rings. The second-order valence-electron chi connectivity index (χ2n) is 3.77. The van der Waals surface area contributed by atoms with E-state index in [4.69, 9.17) is 0 Å². The van der Waals surface area contributed by atoms with Gasteiger partial charge in [-0.3, -0.25) is 0 Å². The maximum atomic E-state index is 4.26. The summed E-state index contributed by atoms with van der Waals surface area (Å²) < 4.78 is 0. The van der Waals surface area contributed by atoms with E-state index in [0.717, 1.165) is 29.6 Å². The van der Waals surface area contributed by atoms with Crippen LogP contribution >= 0.6 is 11.8 Å². The summed E-state index contributed by atoms with van der Waals surface area (Å²) in [5.41, 5.74) is 1.11. The molecule has 0 amide bonds. The standard InChI is InChI=1S/C11H19N3S/c1-4-12-5-10(3)8-15-11-13-6-9(2)7-14-11/h6-7,10,12H,4-5,8H2,1-3H3. The molecule has 0 saturated heterocycles. The van der Waals surface area contributed by atoms with Gasteiger partial charge in [-0.1, -0.05) is 25.6 Å². The lowest BCUT2D eigenvalue weighted by atomic mass is 10.2. The average molecular weight is 225 g/mol. The molecule has 1 N–H and O–H groups in total. The predicted molar refractivity (Wildman–Crippen MR) is 65.2 cm³/mol. The molecule has 0 aliphatic heterocycles. The van der Waals surface area contributed by atoms with Gasteiger partial charge in [-0.2, -0.15) is 0 Å². The van der Waals surface area contributed by atoms with Crippen molar-refractivity contribution in [3.63, 3.8) is 0 Å². The Balaban J connectivity index is 2.27. The van der Waals surface area contributed by atoms with Crippen molar-refractivity contribution in [1.29, 1.82) is 0 Å². The molecule has 1 atom stereocenters. The van der Waals surface area contributed by atoms with E-state index in [1.54, 1.807) is 11.8 Å². The molecular formula is C11H19N3S. The number of hydrogen-bond donors (Lipinski definition) is 1. The van der Waals surface area contributed by atoms with E-state index in [-0.39, 0.29) is 0 Å². The van der Waals surface area contributed by atoms with Crippen LogP contribution in [-0.4, -0.2) is 28.8 Å². The molecule has 1 rings (SSSR count). The van der Waals surface area contributed by atoms with Crippen molar-refractivity contribution in [3.8, 4) is 0 Å². The largest absolute Gasteiger partial charge is 0.317 e. The van der Waals surface area contributed by atoms with Crippen molar-refractivity contribution in [2.24, 2.45) is 5.92 Å². The van der Waals surface area contributed by atoms with Gasteiger partial charge in [-0.05, 0) is 31.5 Å². The van der Waals surface area contributed by atoms with Gasteiger partial charge in [0.05, 0.1) is 0 Å². The zero-order valence-electron chi connectivity index (χ0n) is 9.66. The van der Waals surface area contributed by atoms with Gasteiger partial charge < -0.3 is 5.32 Å². The quantitative estimate of drug-likeness (QED) is 0.594. The molecule has 3 nitrogen and oxygen atoms in total. The van der Waals surface area contributed by atoms with Crippen LogP contribution in [0.3, 0.4) is 0 Å². The Kier molecular flexibility index (Phi) is 5.65. The molecule has 0 spiro atoms. The Bertz CT molecular complexity index is 274. The van der Waals surface area contributed by atoms with Crippen molar-refractivity contribution in [1.82, 2.24) is 15.3 Å². The van der Waals surface area contributed by atoms with E-state index in [1.165, 1.54) is 0 Å². The van der Waals surface area contributed by atoms with E-state index < -0.39 is 0 Å². The van der Waals surface area contributed by atoms with Gasteiger partial charge in [0.1, 0.15) is 0 Å². The SMILES string of the molecule is CCNCC(C)CSc1ncc(C)cn1. The molecule has 1 aromatic rings. The first-order valence-electron chi connectivity index (χ1n) is 5.34. The number of rotatable bonds is 6. The summed E-state index contributed by atoms with van der Waals surface area (Å²) in [7, 11) is 0. The highest BCUT2D eigenvalue weighted by atomic mass is 32.2. The topological polar surface area (TPSA) is 37.8 Å². The van der Waals surface area contributed by atoms with Crippen LogP contribution in [0.15, 0.2) is 17.6 Å². The van der Waals surface area contributed by atoms with Crippen LogP contribution in [0.2, 0.25) is 0 Å². The van der Waals surface area contributed by atoms with Gasteiger partial charge in [0.25, 0.3) is 0 Å². The Morgan fingerprint density at radius 3 is 2.67 bits per heavy atom. The van der Waals surface area contributed by atoms with Crippen LogP contribution in [0, 0.1) is 12.8 Å². The molecule has 0 aromatic carbocycles. The van der Waals surface area contributed by atoms with Gasteiger partial charge in [0.15, 0.2) is 5.16 Å². The van der Waals surface area contributed by atoms with Crippen LogP contribution in [0.5, 0.6) is 0 Å². The van der Waals surface area contributed by atoms with Crippen LogP contribution < -0.4 is 5.32 Å². The highest BCUT2D eigenvalue weighted by Gasteiger charge is 2.03. The van der Waals surface area contributed by atoms with Gasteiger partial charge in [0.2, 0.25) is 0 Å². The number of hydrogen-bond acceptors (Lipinski definition) is 4. The smallest absolute Gasteiger partial charge is 0.187 e. The highest BCUT2D eigenvalue weighted by Crippen LogP contribution is 2.15. The molecule has 84 valence electrons. The number of aromatic nitrogens is 2. The second kappa shape index (κ2) is 6.80. The molecule has 4 heteroatoms. The van der Waals surface area contributed by atoms with Crippen molar-refractivity contribution >= 4 is 11.8 Å². The lowest BCUT2D eigenvalue weighted by molar-refractivity contribution is 0.573. The van der Waals surface area contributed by atoms with Crippen LogP contribution in [0.4, 0.5) is 0 Å². The molecule has 0 aliphatic carbocycles. The fraction of sp³-hybridized carbons (Fsp3) is 0.636. The van der Waals surface area contributed by atoms with E-state index in [9.17, 15) is 0 Å². The van der Waals surface area contributed by atoms with Gasteiger partial charge in [-0.25, -0.2) is 9.97 Å². The third kappa shape index (κ3) is 5.14. The lowest BCUT2D eigenvalue weighted by Gasteiger charge is -2.10. The minimum atomic E-state index is 0.653. The summed E-state index contributed by atoms with van der Waals surface area (Å²) in [5, 5.41) is 4.22.